The van der Waals surface area contributed by atoms with Gasteiger partial charge in [0.1, 0.15) is 17.5 Å². The highest BCUT2D eigenvalue weighted by molar-refractivity contribution is 5.99. The molecule has 1 fully saturated rings. The zero-order valence-corrected chi connectivity index (χ0v) is 16.9. The van der Waals surface area contributed by atoms with Gasteiger partial charge in [0.25, 0.3) is 11.8 Å². The predicted octanol–water partition coefficient (Wildman–Crippen LogP) is 2.80. The summed E-state index contributed by atoms with van der Waals surface area (Å²) >= 11 is 0. The van der Waals surface area contributed by atoms with Gasteiger partial charge in [-0.1, -0.05) is 30.3 Å². The van der Waals surface area contributed by atoms with Crippen molar-refractivity contribution >= 4 is 11.8 Å². The van der Waals surface area contributed by atoms with Crippen LogP contribution in [0.3, 0.4) is 0 Å². The quantitative estimate of drug-likeness (QED) is 0.575. The topological polar surface area (TPSA) is 103 Å². The number of rotatable bonds is 7. The number of aromatic nitrogens is 1. The van der Waals surface area contributed by atoms with Gasteiger partial charge in [0.05, 0.1) is 6.10 Å². The number of benzene rings is 1. The molecule has 7 nitrogen and oxygen atoms in total. The summed E-state index contributed by atoms with van der Waals surface area (Å²) in [6, 6.07) is 11.3. The van der Waals surface area contributed by atoms with Gasteiger partial charge in [0, 0.05) is 19.7 Å². The van der Waals surface area contributed by atoms with Crippen LogP contribution < -0.4 is 15.4 Å². The first-order chi connectivity index (χ1) is 14.0. The van der Waals surface area contributed by atoms with Crippen LogP contribution in [0, 0.1) is 5.92 Å². The summed E-state index contributed by atoms with van der Waals surface area (Å²) in [5.41, 5.74) is 1.48. The van der Waals surface area contributed by atoms with Crippen LogP contribution in [0.15, 0.2) is 36.4 Å². The molecule has 0 radical (unpaired) electrons. The van der Waals surface area contributed by atoms with Gasteiger partial charge in [-0.3, -0.25) is 9.59 Å². The van der Waals surface area contributed by atoms with E-state index in [1.54, 1.807) is 6.07 Å². The first kappa shape index (κ1) is 20.9. The zero-order valence-electron chi connectivity index (χ0n) is 16.9. The number of ether oxygens (including phenoxy) is 1. The molecule has 1 aromatic heterocycles. The summed E-state index contributed by atoms with van der Waals surface area (Å²) in [6.45, 7) is 2.45. The van der Waals surface area contributed by atoms with Crippen molar-refractivity contribution in [2.75, 3.05) is 13.6 Å². The Bertz CT molecular complexity index is 826. The standard InChI is InChI=1S/C22H29N3O4/c1-14(16-6-4-3-5-7-16)29-19-12-18(25-20(19)22(28)23-2)21(27)24-13-15-8-10-17(26)11-9-15/h3-7,12,14-15,17,25-26H,8-11,13H2,1-2H3,(H,23,28)(H,24,27)/t14-,15?,17?/m1/s1. The summed E-state index contributed by atoms with van der Waals surface area (Å²) in [5, 5.41) is 15.1. The van der Waals surface area contributed by atoms with E-state index in [2.05, 4.69) is 15.6 Å². The molecular weight excluding hydrogens is 370 g/mol. The van der Waals surface area contributed by atoms with Crippen LogP contribution in [-0.4, -0.2) is 41.6 Å². The molecule has 1 heterocycles. The van der Waals surface area contributed by atoms with E-state index in [9.17, 15) is 14.7 Å². The Hall–Kier alpha value is -2.80. The van der Waals surface area contributed by atoms with E-state index in [1.807, 2.05) is 37.3 Å². The fraction of sp³-hybridized carbons (Fsp3) is 0.455. The minimum atomic E-state index is -0.347. The highest BCUT2D eigenvalue weighted by Crippen LogP contribution is 2.27. The summed E-state index contributed by atoms with van der Waals surface area (Å²) in [7, 11) is 1.53. The first-order valence-electron chi connectivity index (χ1n) is 10.1. The van der Waals surface area contributed by atoms with E-state index in [-0.39, 0.29) is 35.4 Å². The van der Waals surface area contributed by atoms with E-state index in [1.165, 1.54) is 7.05 Å². The number of hydrogen-bond acceptors (Lipinski definition) is 4. The fourth-order valence-electron chi connectivity index (χ4n) is 3.61. The number of aliphatic hydroxyl groups excluding tert-OH is 1. The average molecular weight is 399 g/mol. The summed E-state index contributed by atoms with van der Waals surface area (Å²) in [4.78, 5) is 27.7. The van der Waals surface area contributed by atoms with Crippen LogP contribution in [0.25, 0.3) is 0 Å². The van der Waals surface area contributed by atoms with Crippen molar-refractivity contribution in [3.8, 4) is 5.75 Å². The zero-order chi connectivity index (χ0) is 20.8. The largest absolute Gasteiger partial charge is 0.484 e. The highest BCUT2D eigenvalue weighted by Gasteiger charge is 2.23. The van der Waals surface area contributed by atoms with Gasteiger partial charge in [-0.15, -0.1) is 0 Å². The van der Waals surface area contributed by atoms with Gasteiger partial charge in [-0.2, -0.15) is 0 Å². The number of aliphatic hydroxyl groups is 1. The van der Waals surface area contributed by atoms with Crippen molar-refractivity contribution in [2.45, 2.75) is 44.8 Å². The molecule has 2 aromatic rings. The van der Waals surface area contributed by atoms with Gasteiger partial charge in [-0.05, 0) is 44.1 Å². The second-order valence-electron chi connectivity index (χ2n) is 7.56. The maximum absolute atomic E-state index is 12.6. The number of H-pyrrole nitrogens is 1. The molecule has 0 saturated heterocycles. The van der Waals surface area contributed by atoms with Crippen molar-refractivity contribution < 1.29 is 19.4 Å². The molecule has 1 saturated carbocycles. The van der Waals surface area contributed by atoms with Crippen LogP contribution in [-0.2, 0) is 0 Å². The number of hydrogen-bond donors (Lipinski definition) is 4. The molecule has 1 aliphatic carbocycles. The third-order valence-corrected chi connectivity index (χ3v) is 5.42. The molecule has 29 heavy (non-hydrogen) atoms. The molecule has 0 spiro atoms. The lowest BCUT2D eigenvalue weighted by atomic mass is 9.87. The van der Waals surface area contributed by atoms with Gasteiger partial charge < -0.3 is 25.5 Å². The summed E-state index contributed by atoms with van der Waals surface area (Å²) in [6.07, 6.45) is 2.86. The van der Waals surface area contributed by atoms with Gasteiger partial charge >= 0.3 is 0 Å². The third-order valence-electron chi connectivity index (χ3n) is 5.42. The SMILES string of the molecule is CNC(=O)c1[nH]c(C(=O)NCC2CCC(O)CC2)cc1O[C@H](C)c1ccccc1. The molecule has 3 rings (SSSR count). The van der Waals surface area contributed by atoms with E-state index in [0.717, 1.165) is 31.2 Å². The molecule has 7 heteroatoms. The minimum absolute atomic E-state index is 0.216. The maximum Gasteiger partial charge on any atom is 0.271 e. The van der Waals surface area contributed by atoms with E-state index in [0.29, 0.717) is 18.2 Å². The molecule has 2 amide bonds. The van der Waals surface area contributed by atoms with Crippen molar-refractivity contribution in [1.82, 2.24) is 15.6 Å². The lowest BCUT2D eigenvalue weighted by Crippen LogP contribution is -2.32. The average Bonchev–Trinajstić information content (AvgIpc) is 3.17. The molecule has 0 aliphatic heterocycles. The Balaban J connectivity index is 1.69. The molecular formula is C22H29N3O4. The molecule has 0 unspecified atom stereocenters. The lowest BCUT2D eigenvalue weighted by Gasteiger charge is -2.25. The Labute approximate surface area is 170 Å². The molecule has 0 bridgehead atoms. The van der Waals surface area contributed by atoms with E-state index >= 15 is 0 Å². The highest BCUT2D eigenvalue weighted by atomic mass is 16.5. The Kier molecular flexibility index (Phi) is 6.93. The maximum atomic E-state index is 12.6. The van der Waals surface area contributed by atoms with Crippen LogP contribution in [0.4, 0.5) is 0 Å². The number of carbonyl (C=O) groups is 2. The van der Waals surface area contributed by atoms with E-state index in [4.69, 9.17) is 4.74 Å². The molecule has 1 aliphatic rings. The van der Waals surface area contributed by atoms with Crippen molar-refractivity contribution in [3.63, 3.8) is 0 Å². The van der Waals surface area contributed by atoms with Crippen LogP contribution >= 0.6 is 0 Å². The second-order valence-corrected chi connectivity index (χ2v) is 7.56. The van der Waals surface area contributed by atoms with Crippen molar-refractivity contribution in [1.29, 1.82) is 0 Å². The van der Waals surface area contributed by atoms with Crippen LogP contribution in [0.1, 0.15) is 65.3 Å². The Morgan fingerprint density at radius 2 is 1.86 bits per heavy atom. The second kappa shape index (κ2) is 9.60. The summed E-state index contributed by atoms with van der Waals surface area (Å²) in [5.74, 6) is 0.0836. The normalized spacial score (nSPS) is 20.0. The van der Waals surface area contributed by atoms with Gasteiger partial charge in [-0.25, -0.2) is 0 Å². The third kappa shape index (κ3) is 5.38. The number of nitrogens with one attached hydrogen (secondary N) is 3. The fourth-order valence-corrected chi connectivity index (χ4v) is 3.61. The van der Waals surface area contributed by atoms with Gasteiger partial charge in [0.2, 0.25) is 0 Å². The van der Waals surface area contributed by atoms with Gasteiger partial charge in [0.15, 0.2) is 5.75 Å². The number of amides is 2. The predicted molar refractivity (Wildman–Crippen MR) is 110 cm³/mol. The number of aromatic amines is 1. The minimum Gasteiger partial charge on any atom is -0.484 e. The molecule has 156 valence electrons. The monoisotopic (exact) mass is 399 g/mol. The Morgan fingerprint density at radius 3 is 2.52 bits per heavy atom. The van der Waals surface area contributed by atoms with Crippen molar-refractivity contribution in [2.24, 2.45) is 5.92 Å². The first-order valence-corrected chi connectivity index (χ1v) is 10.1. The molecule has 4 N–H and O–H groups in total. The van der Waals surface area contributed by atoms with Crippen molar-refractivity contribution in [3.05, 3.63) is 53.3 Å². The Morgan fingerprint density at radius 1 is 1.17 bits per heavy atom. The number of carbonyl (C=O) groups excluding carboxylic acids is 2. The molecule has 1 atom stereocenters. The van der Waals surface area contributed by atoms with E-state index < -0.39 is 0 Å². The molecule has 1 aromatic carbocycles. The summed E-state index contributed by atoms with van der Waals surface area (Å²) < 4.78 is 5.99. The lowest BCUT2D eigenvalue weighted by molar-refractivity contribution is 0.0906. The van der Waals surface area contributed by atoms with Crippen LogP contribution in [0.5, 0.6) is 5.75 Å². The van der Waals surface area contributed by atoms with Crippen LogP contribution in [0.2, 0.25) is 0 Å². The smallest absolute Gasteiger partial charge is 0.271 e.